The van der Waals surface area contributed by atoms with Crippen molar-refractivity contribution >= 4 is 41.0 Å². The Balaban J connectivity index is 2.37. The Hall–Kier alpha value is -2.34. The number of nitrogens with one attached hydrogen (secondary N) is 4. The zero-order chi connectivity index (χ0) is 14.5. The van der Waals surface area contributed by atoms with Gasteiger partial charge in [-0.2, -0.15) is 4.98 Å². The molecule has 7 heteroatoms. The van der Waals surface area contributed by atoms with Crippen molar-refractivity contribution in [2.24, 2.45) is 0 Å². The highest BCUT2D eigenvalue weighted by atomic mass is 35.5. The van der Waals surface area contributed by atoms with Gasteiger partial charge in [0.05, 0.1) is 11.9 Å². The summed E-state index contributed by atoms with van der Waals surface area (Å²) in [6.45, 7) is 0. The Morgan fingerprint density at radius 1 is 1.20 bits per heavy atom. The van der Waals surface area contributed by atoms with Crippen molar-refractivity contribution in [3.05, 3.63) is 35.0 Å². The molecule has 1 aromatic heterocycles. The fourth-order valence-electron chi connectivity index (χ4n) is 1.77. The van der Waals surface area contributed by atoms with Crippen molar-refractivity contribution in [3.8, 4) is 0 Å². The zero-order valence-electron chi connectivity index (χ0n) is 11.2. The van der Waals surface area contributed by atoms with Crippen LogP contribution in [-0.2, 0) is 0 Å². The van der Waals surface area contributed by atoms with E-state index in [9.17, 15) is 0 Å². The van der Waals surface area contributed by atoms with Gasteiger partial charge in [-0.05, 0) is 12.1 Å². The SMILES string of the molecule is CNc1cccc(Nc2ncc(Cl)c(NC)n2)c1C=N. The van der Waals surface area contributed by atoms with Gasteiger partial charge in [-0.15, -0.1) is 0 Å². The van der Waals surface area contributed by atoms with Gasteiger partial charge in [0.15, 0.2) is 0 Å². The van der Waals surface area contributed by atoms with E-state index in [1.54, 1.807) is 7.05 Å². The van der Waals surface area contributed by atoms with E-state index < -0.39 is 0 Å². The highest BCUT2D eigenvalue weighted by Gasteiger charge is 2.08. The molecule has 0 saturated heterocycles. The molecule has 0 aliphatic heterocycles. The van der Waals surface area contributed by atoms with Crippen LogP contribution < -0.4 is 16.0 Å². The fourth-order valence-corrected chi connectivity index (χ4v) is 1.96. The van der Waals surface area contributed by atoms with Gasteiger partial charge in [0.2, 0.25) is 5.95 Å². The maximum Gasteiger partial charge on any atom is 0.229 e. The van der Waals surface area contributed by atoms with Crippen LogP contribution in [0.4, 0.5) is 23.1 Å². The molecule has 0 spiro atoms. The number of nitrogens with zero attached hydrogens (tertiary/aromatic N) is 2. The van der Waals surface area contributed by atoms with Gasteiger partial charge >= 0.3 is 0 Å². The molecule has 4 N–H and O–H groups in total. The number of halogens is 1. The molecule has 0 atom stereocenters. The average Bonchev–Trinajstić information content (AvgIpc) is 2.48. The summed E-state index contributed by atoms with van der Waals surface area (Å²) in [5.74, 6) is 0.959. The lowest BCUT2D eigenvalue weighted by Gasteiger charge is -2.12. The summed E-state index contributed by atoms with van der Waals surface area (Å²) < 4.78 is 0. The fraction of sp³-hybridized carbons (Fsp3) is 0.154. The molecule has 6 nitrogen and oxygen atoms in total. The first kappa shape index (κ1) is 14.1. The second-order valence-electron chi connectivity index (χ2n) is 3.93. The minimum Gasteiger partial charge on any atom is -0.388 e. The summed E-state index contributed by atoms with van der Waals surface area (Å²) in [7, 11) is 3.55. The lowest BCUT2D eigenvalue weighted by Crippen LogP contribution is -2.04. The third kappa shape index (κ3) is 2.80. The molecule has 0 fully saturated rings. The third-order valence-electron chi connectivity index (χ3n) is 2.75. The van der Waals surface area contributed by atoms with Crippen LogP contribution in [0.2, 0.25) is 5.02 Å². The van der Waals surface area contributed by atoms with E-state index in [1.165, 1.54) is 12.4 Å². The normalized spacial score (nSPS) is 9.95. The highest BCUT2D eigenvalue weighted by Crippen LogP contribution is 2.26. The Labute approximate surface area is 122 Å². The van der Waals surface area contributed by atoms with E-state index in [-0.39, 0.29) is 0 Å². The maximum atomic E-state index is 7.53. The summed E-state index contributed by atoms with van der Waals surface area (Å²) in [5, 5.41) is 17.0. The molecule has 0 aliphatic carbocycles. The molecule has 104 valence electrons. The summed E-state index contributed by atoms with van der Waals surface area (Å²) in [6, 6.07) is 5.64. The molecule has 1 aromatic carbocycles. The number of benzene rings is 1. The molecular formula is C13H15ClN6. The number of rotatable bonds is 5. The Morgan fingerprint density at radius 2 is 1.95 bits per heavy atom. The lowest BCUT2D eigenvalue weighted by atomic mass is 10.1. The summed E-state index contributed by atoms with van der Waals surface area (Å²) >= 11 is 5.94. The largest absolute Gasteiger partial charge is 0.388 e. The number of aromatic nitrogens is 2. The molecule has 2 rings (SSSR count). The monoisotopic (exact) mass is 290 g/mol. The summed E-state index contributed by atoms with van der Waals surface area (Å²) in [6.07, 6.45) is 2.80. The van der Waals surface area contributed by atoms with Crippen LogP contribution in [0.25, 0.3) is 0 Å². The van der Waals surface area contributed by atoms with E-state index in [1.807, 2.05) is 25.2 Å². The number of anilines is 4. The minimum absolute atomic E-state index is 0.412. The van der Waals surface area contributed by atoms with E-state index >= 15 is 0 Å². The molecule has 0 amide bonds. The molecule has 0 bridgehead atoms. The molecule has 0 unspecified atom stereocenters. The first-order chi connectivity index (χ1) is 9.69. The van der Waals surface area contributed by atoms with Crippen LogP contribution in [0.3, 0.4) is 0 Å². The molecular weight excluding hydrogens is 276 g/mol. The smallest absolute Gasteiger partial charge is 0.229 e. The van der Waals surface area contributed by atoms with E-state index in [4.69, 9.17) is 17.0 Å². The van der Waals surface area contributed by atoms with Gasteiger partial charge < -0.3 is 21.4 Å². The van der Waals surface area contributed by atoms with E-state index in [0.29, 0.717) is 16.8 Å². The predicted molar refractivity (Wildman–Crippen MR) is 83.7 cm³/mol. The second kappa shape index (κ2) is 6.21. The Kier molecular flexibility index (Phi) is 4.37. The zero-order valence-corrected chi connectivity index (χ0v) is 11.9. The van der Waals surface area contributed by atoms with E-state index in [2.05, 4.69) is 25.9 Å². The van der Waals surface area contributed by atoms with Crippen molar-refractivity contribution in [1.29, 1.82) is 5.41 Å². The van der Waals surface area contributed by atoms with Gasteiger partial charge in [0.1, 0.15) is 10.8 Å². The maximum absolute atomic E-state index is 7.53. The molecule has 2 aromatic rings. The average molecular weight is 291 g/mol. The minimum atomic E-state index is 0.412. The third-order valence-corrected chi connectivity index (χ3v) is 3.02. The van der Waals surface area contributed by atoms with Crippen molar-refractivity contribution in [1.82, 2.24) is 9.97 Å². The Bertz CT molecular complexity index is 628. The van der Waals surface area contributed by atoms with Crippen LogP contribution in [0.5, 0.6) is 0 Å². The van der Waals surface area contributed by atoms with Gasteiger partial charge in [0, 0.05) is 31.6 Å². The molecule has 20 heavy (non-hydrogen) atoms. The van der Waals surface area contributed by atoms with Gasteiger partial charge in [-0.3, -0.25) is 0 Å². The summed E-state index contributed by atoms with van der Waals surface area (Å²) in [4.78, 5) is 8.38. The molecule has 0 aliphatic rings. The van der Waals surface area contributed by atoms with E-state index in [0.717, 1.165) is 16.9 Å². The van der Waals surface area contributed by atoms with Crippen molar-refractivity contribution in [2.45, 2.75) is 0 Å². The van der Waals surface area contributed by atoms with Crippen LogP contribution in [0.1, 0.15) is 5.56 Å². The van der Waals surface area contributed by atoms with Crippen molar-refractivity contribution < 1.29 is 0 Å². The van der Waals surface area contributed by atoms with Crippen LogP contribution in [0.15, 0.2) is 24.4 Å². The number of hydrogen-bond donors (Lipinski definition) is 4. The molecule has 1 heterocycles. The van der Waals surface area contributed by atoms with Gasteiger partial charge in [-0.25, -0.2) is 4.98 Å². The quantitative estimate of drug-likeness (QED) is 0.636. The second-order valence-corrected chi connectivity index (χ2v) is 4.33. The topological polar surface area (TPSA) is 85.7 Å². The predicted octanol–water partition coefficient (Wildman–Crippen LogP) is 2.95. The number of hydrogen-bond acceptors (Lipinski definition) is 6. The molecule has 0 radical (unpaired) electrons. The van der Waals surface area contributed by atoms with Gasteiger partial charge in [-0.1, -0.05) is 17.7 Å². The van der Waals surface area contributed by atoms with Crippen molar-refractivity contribution in [2.75, 3.05) is 30.0 Å². The Morgan fingerprint density at radius 3 is 2.60 bits per heavy atom. The first-order valence-electron chi connectivity index (χ1n) is 5.98. The van der Waals surface area contributed by atoms with Gasteiger partial charge in [0.25, 0.3) is 0 Å². The molecule has 0 saturated carbocycles. The van der Waals surface area contributed by atoms with Crippen LogP contribution >= 0.6 is 11.6 Å². The first-order valence-corrected chi connectivity index (χ1v) is 6.36. The lowest BCUT2D eigenvalue weighted by molar-refractivity contribution is 1.16. The standard InChI is InChI=1S/C13H15ClN6/c1-16-10-4-3-5-11(8(10)6-15)19-13-18-7-9(14)12(17-2)20-13/h3-7,15-16H,1-2H3,(H2,17,18,19,20). The van der Waals surface area contributed by atoms with Crippen LogP contribution in [-0.4, -0.2) is 30.3 Å². The van der Waals surface area contributed by atoms with Crippen molar-refractivity contribution in [3.63, 3.8) is 0 Å². The highest BCUT2D eigenvalue weighted by molar-refractivity contribution is 6.32. The van der Waals surface area contributed by atoms with Crippen LogP contribution in [0, 0.1) is 5.41 Å². The summed E-state index contributed by atoms with van der Waals surface area (Å²) in [5.41, 5.74) is 2.34.